The van der Waals surface area contributed by atoms with Crippen LogP contribution in [-0.2, 0) is 6.42 Å². The Balaban J connectivity index is 1.30. The number of carbonyl (C=O) groups excluding carboxylic acids is 1. The second-order valence-electron chi connectivity index (χ2n) is 8.00. The van der Waals surface area contributed by atoms with Crippen molar-refractivity contribution in [1.82, 2.24) is 15.3 Å². The van der Waals surface area contributed by atoms with E-state index in [2.05, 4.69) is 39.6 Å². The van der Waals surface area contributed by atoms with E-state index in [1.165, 1.54) is 6.26 Å². The summed E-state index contributed by atoms with van der Waals surface area (Å²) in [7, 11) is 0. The Morgan fingerprint density at radius 1 is 1.06 bits per heavy atom. The number of aromatic amines is 1. The molecule has 2 atom stereocenters. The van der Waals surface area contributed by atoms with Crippen molar-refractivity contribution in [3.8, 4) is 0 Å². The van der Waals surface area contributed by atoms with Gasteiger partial charge < -0.3 is 20.5 Å². The summed E-state index contributed by atoms with van der Waals surface area (Å²) in [4.78, 5) is 20.4. The van der Waals surface area contributed by atoms with Gasteiger partial charge in [0.15, 0.2) is 5.69 Å². The number of amides is 1. The molecule has 0 aliphatic heterocycles. The van der Waals surface area contributed by atoms with Gasteiger partial charge in [-0.15, -0.1) is 0 Å². The van der Waals surface area contributed by atoms with E-state index < -0.39 is 6.04 Å². The first-order valence-corrected chi connectivity index (χ1v) is 10.6. The summed E-state index contributed by atoms with van der Waals surface area (Å²) >= 11 is 0. The van der Waals surface area contributed by atoms with Gasteiger partial charge in [-0.3, -0.25) is 4.79 Å². The van der Waals surface area contributed by atoms with Gasteiger partial charge in [-0.25, -0.2) is 4.98 Å². The number of hydrogen-bond donors (Lipinski definition) is 3. The van der Waals surface area contributed by atoms with E-state index in [4.69, 9.17) is 10.2 Å². The number of para-hydroxylation sites is 1. The molecule has 5 rings (SSSR count). The van der Waals surface area contributed by atoms with E-state index in [1.807, 2.05) is 55.6 Å². The van der Waals surface area contributed by atoms with E-state index in [1.54, 1.807) is 0 Å². The Morgan fingerprint density at radius 2 is 1.81 bits per heavy atom. The van der Waals surface area contributed by atoms with Crippen LogP contribution in [0.15, 0.2) is 83.6 Å². The molecule has 1 amide bonds. The van der Waals surface area contributed by atoms with E-state index >= 15 is 0 Å². The average Bonchev–Trinajstić information content (AvgIpc) is 3.47. The Hall–Kier alpha value is -3.90. The first-order valence-electron chi connectivity index (χ1n) is 10.6. The second kappa shape index (κ2) is 8.32. The van der Waals surface area contributed by atoms with Crippen molar-refractivity contribution in [1.29, 1.82) is 0 Å². The minimum atomic E-state index is -0.453. The molecule has 0 bridgehead atoms. The Kier molecular flexibility index (Phi) is 5.21. The quantitative estimate of drug-likeness (QED) is 0.356. The molecule has 0 saturated carbocycles. The molecule has 3 aromatic carbocycles. The summed E-state index contributed by atoms with van der Waals surface area (Å²) in [5.41, 5.74) is 9.76. The fraction of sp³-hybridized carbons (Fsp3) is 0.154. The van der Waals surface area contributed by atoms with Gasteiger partial charge in [0.25, 0.3) is 5.91 Å². The molecule has 0 fully saturated rings. The number of rotatable bonds is 6. The molecule has 6 heteroatoms. The number of carbonyl (C=O) groups is 1. The third-order valence-corrected chi connectivity index (χ3v) is 5.82. The molecule has 0 saturated heterocycles. The van der Waals surface area contributed by atoms with Gasteiger partial charge in [-0.2, -0.15) is 0 Å². The van der Waals surface area contributed by atoms with E-state index in [0.717, 1.165) is 32.8 Å². The lowest BCUT2D eigenvalue weighted by Gasteiger charge is -2.16. The van der Waals surface area contributed by atoms with Gasteiger partial charge in [0.1, 0.15) is 6.26 Å². The van der Waals surface area contributed by atoms with Gasteiger partial charge in [-0.05, 0) is 41.3 Å². The molecule has 0 aliphatic rings. The van der Waals surface area contributed by atoms with Gasteiger partial charge in [0.2, 0.25) is 5.89 Å². The predicted molar refractivity (Wildman–Crippen MR) is 125 cm³/mol. The molecule has 4 N–H and O–H groups in total. The normalized spacial score (nSPS) is 13.3. The lowest BCUT2D eigenvalue weighted by molar-refractivity contribution is 0.0935. The van der Waals surface area contributed by atoms with E-state index in [9.17, 15) is 4.79 Å². The maximum absolute atomic E-state index is 12.8. The molecule has 0 aliphatic carbocycles. The molecule has 0 spiro atoms. The van der Waals surface area contributed by atoms with Crippen LogP contribution in [0, 0.1) is 0 Å². The highest BCUT2D eigenvalue weighted by Gasteiger charge is 2.20. The molecule has 2 aromatic heterocycles. The van der Waals surface area contributed by atoms with Crippen LogP contribution in [-0.4, -0.2) is 15.9 Å². The summed E-state index contributed by atoms with van der Waals surface area (Å²) in [6, 6.07) is 21.6. The van der Waals surface area contributed by atoms with Crippen molar-refractivity contribution in [2.24, 2.45) is 5.73 Å². The Bertz CT molecular complexity index is 1400. The molecular weight excluding hydrogens is 400 g/mol. The minimum absolute atomic E-state index is 0.186. The number of aromatic nitrogens is 2. The van der Waals surface area contributed by atoms with Gasteiger partial charge >= 0.3 is 0 Å². The molecule has 5 aromatic rings. The highest BCUT2D eigenvalue weighted by molar-refractivity contribution is 5.93. The summed E-state index contributed by atoms with van der Waals surface area (Å²) in [6.45, 7) is 1.96. The highest BCUT2D eigenvalue weighted by atomic mass is 16.3. The first-order chi connectivity index (χ1) is 15.6. The second-order valence-corrected chi connectivity index (χ2v) is 8.00. The van der Waals surface area contributed by atoms with Crippen LogP contribution < -0.4 is 11.1 Å². The average molecular weight is 425 g/mol. The summed E-state index contributed by atoms with van der Waals surface area (Å²) < 4.78 is 5.56. The van der Waals surface area contributed by atoms with Crippen molar-refractivity contribution in [2.75, 3.05) is 0 Å². The smallest absolute Gasteiger partial charge is 0.273 e. The molecule has 32 heavy (non-hydrogen) atoms. The molecule has 6 nitrogen and oxygen atoms in total. The number of benzene rings is 3. The zero-order valence-corrected chi connectivity index (χ0v) is 17.7. The van der Waals surface area contributed by atoms with E-state index in [-0.39, 0.29) is 17.6 Å². The fourth-order valence-electron chi connectivity index (χ4n) is 4.16. The van der Waals surface area contributed by atoms with Crippen LogP contribution in [0.25, 0.3) is 21.7 Å². The zero-order chi connectivity index (χ0) is 22.1. The lowest BCUT2D eigenvalue weighted by atomic mass is 9.99. The van der Waals surface area contributed by atoms with Gasteiger partial charge in [-0.1, -0.05) is 60.7 Å². The Morgan fingerprint density at radius 3 is 2.69 bits per heavy atom. The van der Waals surface area contributed by atoms with Crippen LogP contribution in [0.5, 0.6) is 0 Å². The van der Waals surface area contributed by atoms with Crippen LogP contribution in [0.4, 0.5) is 0 Å². The maximum atomic E-state index is 12.8. The molecule has 160 valence electrons. The first kappa shape index (κ1) is 20.0. The Labute approximate surface area is 185 Å². The zero-order valence-electron chi connectivity index (χ0n) is 17.7. The third kappa shape index (κ3) is 3.76. The van der Waals surface area contributed by atoms with Crippen LogP contribution in [0.1, 0.15) is 46.5 Å². The maximum Gasteiger partial charge on any atom is 0.273 e. The van der Waals surface area contributed by atoms with E-state index in [0.29, 0.717) is 12.3 Å². The fourth-order valence-corrected chi connectivity index (χ4v) is 4.16. The minimum Gasteiger partial charge on any atom is -0.446 e. The summed E-state index contributed by atoms with van der Waals surface area (Å²) in [6.07, 6.45) is 3.88. The molecule has 2 unspecified atom stereocenters. The lowest BCUT2D eigenvalue weighted by Crippen LogP contribution is -2.27. The largest absolute Gasteiger partial charge is 0.446 e. The van der Waals surface area contributed by atoms with Crippen molar-refractivity contribution in [3.05, 3.63) is 102 Å². The predicted octanol–water partition coefficient (Wildman–Crippen LogP) is 5.04. The summed E-state index contributed by atoms with van der Waals surface area (Å²) in [5, 5.41) is 6.39. The number of oxazole rings is 1. The molecular formula is C26H24N4O2. The number of nitrogens with one attached hydrogen (secondary N) is 2. The van der Waals surface area contributed by atoms with Crippen molar-refractivity contribution in [3.63, 3.8) is 0 Å². The standard InChI is InChI=1S/C26H24N4O2/c1-16(19-11-6-8-17-7-2-3-9-20(17)19)29-25(31)24-15-32-26(30-24)22(27)13-18-14-28-23-12-5-4-10-21(18)23/h2-12,14-16,22,28H,13,27H2,1H3,(H,29,31). The van der Waals surface area contributed by atoms with Gasteiger partial charge in [0, 0.05) is 17.1 Å². The topological polar surface area (TPSA) is 96.9 Å². The molecule has 2 heterocycles. The number of nitrogens with two attached hydrogens (primary N) is 1. The van der Waals surface area contributed by atoms with Crippen molar-refractivity contribution >= 4 is 27.6 Å². The van der Waals surface area contributed by atoms with Crippen LogP contribution >= 0.6 is 0 Å². The van der Waals surface area contributed by atoms with Gasteiger partial charge in [0.05, 0.1) is 12.1 Å². The molecule has 0 radical (unpaired) electrons. The number of fused-ring (bicyclic) bond motifs is 2. The number of nitrogens with zero attached hydrogens (tertiary/aromatic N) is 1. The van der Waals surface area contributed by atoms with Crippen molar-refractivity contribution < 1.29 is 9.21 Å². The van der Waals surface area contributed by atoms with Crippen molar-refractivity contribution in [2.45, 2.75) is 25.4 Å². The highest BCUT2D eigenvalue weighted by Crippen LogP contribution is 2.25. The third-order valence-electron chi connectivity index (χ3n) is 5.82. The number of hydrogen-bond acceptors (Lipinski definition) is 4. The SMILES string of the molecule is CC(NC(=O)c1coc(C(N)Cc2c[nH]c3ccccc23)n1)c1cccc2ccccc12. The summed E-state index contributed by atoms with van der Waals surface area (Å²) in [5.74, 6) is 0.0537. The van der Waals surface area contributed by atoms with Crippen LogP contribution in [0.3, 0.4) is 0 Å². The van der Waals surface area contributed by atoms with Crippen LogP contribution in [0.2, 0.25) is 0 Å². The number of H-pyrrole nitrogens is 1. The monoisotopic (exact) mass is 424 g/mol.